The van der Waals surface area contributed by atoms with Gasteiger partial charge in [0.15, 0.2) is 5.11 Å². The molecule has 0 atom stereocenters. The maximum absolute atomic E-state index is 5.91. The number of rotatable bonds is 6. The lowest BCUT2D eigenvalue weighted by atomic mass is 10.2. The predicted octanol–water partition coefficient (Wildman–Crippen LogP) is 4.59. The summed E-state index contributed by atoms with van der Waals surface area (Å²) in [4.78, 5) is 0. The molecule has 4 nitrogen and oxygen atoms in total. The van der Waals surface area contributed by atoms with E-state index in [1.165, 1.54) is 0 Å². The molecule has 0 bridgehead atoms. The van der Waals surface area contributed by atoms with Crippen LogP contribution in [0.25, 0.3) is 0 Å². The molecule has 0 spiro atoms. The average molecular weight is 361 g/mol. The van der Waals surface area contributed by atoms with Crippen LogP contribution < -0.4 is 15.5 Å². The van der Waals surface area contributed by atoms with E-state index >= 15 is 0 Å². The summed E-state index contributed by atoms with van der Waals surface area (Å²) in [6.45, 7) is 0.507. The first-order chi connectivity index (χ1) is 12.8. The van der Waals surface area contributed by atoms with E-state index in [1.807, 2.05) is 84.9 Å². The molecule has 0 fully saturated rings. The van der Waals surface area contributed by atoms with Crippen molar-refractivity contribution in [2.45, 2.75) is 6.61 Å². The van der Waals surface area contributed by atoms with Crippen molar-refractivity contribution in [3.05, 3.63) is 96.1 Å². The second kappa shape index (κ2) is 9.34. The van der Waals surface area contributed by atoms with Crippen molar-refractivity contribution in [2.75, 3.05) is 5.32 Å². The molecule has 5 heteroatoms. The molecule has 0 aliphatic rings. The molecule has 2 N–H and O–H groups in total. The Hall–Kier alpha value is -3.18. The molecule has 0 saturated carbocycles. The van der Waals surface area contributed by atoms with Crippen LogP contribution in [0.5, 0.6) is 5.75 Å². The Bertz CT molecular complexity index is 867. The fraction of sp³-hybridized carbons (Fsp3) is 0.0476. The van der Waals surface area contributed by atoms with Gasteiger partial charge in [0.25, 0.3) is 0 Å². The van der Waals surface area contributed by atoms with E-state index in [2.05, 4.69) is 15.8 Å². The molecule has 0 aliphatic carbocycles. The summed E-state index contributed by atoms with van der Waals surface area (Å²) < 4.78 is 5.91. The maximum atomic E-state index is 5.91. The first kappa shape index (κ1) is 17.6. The van der Waals surface area contributed by atoms with Crippen molar-refractivity contribution in [1.82, 2.24) is 5.43 Å². The minimum atomic E-state index is 0.426. The molecule has 3 aromatic carbocycles. The summed E-state index contributed by atoms with van der Waals surface area (Å²) in [5.74, 6) is 0.767. The summed E-state index contributed by atoms with van der Waals surface area (Å²) in [5, 5.41) is 7.69. The van der Waals surface area contributed by atoms with Crippen LogP contribution >= 0.6 is 12.2 Å². The van der Waals surface area contributed by atoms with Gasteiger partial charge in [-0.3, -0.25) is 5.43 Å². The standard InChI is InChI=1S/C21H19N3OS/c26-21(23-19-12-5-2-6-13-19)24-22-15-18-11-7-8-14-20(18)25-16-17-9-3-1-4-10-17/h1-15H,16H2,(H2,23,24,26)/b22-15+. The number of nitrogens with zero attached hydrogens (tertiary/aromatic N) is 1. The predicted molar refractivity (Wildman–Crippen MR) is 111 cm³/mol. The fourth-order valence-corrected chi connectivity index (χ4v) is 2.47. The molecule has 0 amide bonds. The normalized spacial score (nSPS) is 10.5. The van der Waals surface area contributed by atoms with E-state index in [-0.39, 0.29) is 0 Å². The first-order valence-corrected chi connectivity index (χ1v) is 8.63. The Balaban J connectivity index is 1.57. The number of hydrogen-bond donors (Lipinski definition) is 2. The average Bonchev–Trinajstić information content (AvgIpc) is 2.69. The monoisotopic (exact) mass is 361 g/mol. The van der Waals surface area contributed by atoms with Crippen molar-refractivity contribution in [2.24, 2.45) is 5.10 Å². The SMILES string of the molecule is S=C(N/N=C/c1ccccc1OCc1ccccc1)Nc1ccccc1. The molecule has 0 saturated heterocycles. The lowest BCUT2D eigenvalue weighted by molar-refractivity contribution is 0.306. The van der Waals surface area contributed by atoms with Gasteiger partial charge in [-0.1, -0.05) is 60.7 Å². The molecule has 3 rings (SSSR count). The molecule has 130 valence electrons. The number of nitrogens with one attached hydrogen (secondary N) is 2. The van der Waals surface area contributed by atoms with Crippen molar-refractivity contribution in [3.63, 3.8) is 0 Å². The van der Waals surface area contributed by atoms with Gasteiger partial charge in [0.1, 0.15) is 12.4 Å². The minimum absolute atomic E-state index is 0.426. The Kier molecular flexibility index (Phi) is 6.34. The largest absolute Gasteiger partial charge is 0.488 e. The zero-order valence-electron chi connectivity index (χ0n) is 14.1. The lowest BCUT2D eigenvalue weighted by Crippen LogP contribution is -2.23. The molecule has 0 heterocycles. The van der Waals surface area contributed by atoms with E-state index < -0.39 is 0 Å². The van der Waals surface area contributed by atoms with Gasteiger partial charge in [0.2, 0.25) is 0 Å². The van der Waals surface area contributed by atoms with Crippen LogP contribution in [-0.4, -0.2) is 11.3 Å². The second-order valence-electron chi connectivity index (χ2n) is 5.50. The van der Waals surface area contributed by atoms with Gasteiger partial charge in [-0.2, -0.15) is 5.10 Å². The molecule has 0 radical (unpaired) electrons. The van der Waals surface area contributed by atoms with Gasteiger partial charge >= 0.3 is 0 Å². The third-order valence-corrected chi connectivity index (χ3v) is 3.75. The summed E-state index contributed by atoms with van der Waals surface area (Å²) in [5.41, 5.74) is 5.71. The van der Waals surface area contributed by atoms with E-state index in [1.54, 1.807) is 6.21 Å². The highest BCUT2D eigenvalue weighted by Crippen LogP contribution is 2.17. The maximum Gasteiger partial charge on any atom is 0.191 e. The number of thiocarbonyl (C=S) groups is 1. The first-order valence-electron chi connectivity index (χ1n) is 8.22. The van der Waals surface area contributed by atoms with E-state index in [4.69, 9.17) is 17.0 Å². The third-order valence-electron chi connectivity index (χ3n) is 3.56. The molecular weight excluding hydrogens is 342 g/mol. The Labute approximate surface area is 158 Å². The molecule has 0 aliphatic heterocycles. The quantitative estimate of drug-likeness (QED) is 0.383. The van der Waals surface area contributed by atoms with Crippen LogP contribution in [0.2, 0.25) is 0 Å². The van der Waals surface area contributed by atoms with E-state index in [9.17, 15) is 0 Å². The van der Waals surface area contributed by atoms with Crippen LogP contribution in [-0.2, 0) is 6.61 Å². The van der Waals surface area contributed by atoms with E-state index in [0.717, 1.165) is 22.6 Å². The minimum Gasteiger partial charge on any atom is -0.488 e. The summed E-state index contributed by atoms with van der Waals surface area (Å²) in [6, 6.07) is 27.5. The molecular formula is C21H19N3OS. The van der Waals surface area contributed by atoms with Crippen molar-refractivity contribution in [1.29, 1.82) is 0 Å². The van der Waals surface area contributed by atoms with Gasteiger partial charge in [0.05, 0.1) is 6.21 Å². The highest BCUT2D eigenvalue weighted by atomic mass is 32.1. The number of anilines is 1. The van der Waals surface area contributed by atoms with E-state index in [0.29, 0.717) is 11.7 Å². The van der Waals surface area contributed by atoms with Gasteiger partial charge in [0, 0.05) is 11.3 Å². The second-order valence-corrected chi connectivity index (χ2v) is 5.91. The van der Waals surface area contributed by atoms with Crippen molar-refractivity contribution < 1.29 is 4.74 Å². The van der Waals surface area contributed by atoms with Crippen molar-refractivity contribution in [3.8, 4) is 5.75 Å². The number of benzene rings is 3. The van der Waals surface area contributed by atoms with Crippen LogP contribution in [0.3, 0.4) is 0 Å². The molecule has 3 aromatic rings. The fourth-order valence-electron chi connectivity index (χ4n) is 2.29. The lowest BCUT2D eigenvalue weighted by Gasteiger charge is -2.09. The smallest absolute Gasteiger partial charge is 0.191 e. The number of para-hydroxylation sites is 2. The zero-order chi connectivity index (χ0) is 18.0. The van der Waals surface area contributed by atoms with Gasteiger partial charge in [-0.05, 0) is 42.0 Å². The number of hydrazone groups is 1. The molecule has 26 heavy (non-hydrogen) atoms. The number of ether oxygens (including phenoxy) is 1. The highest BCUT2D eigenvalue weighted by Gasteiger charge is 2.01. The van der Waals surface area contributed by atoms with Crippen LogP contribution in [0.4, 0.5) is 5.69 Å². The molecule has 0 aromatic heterocycles. The summed E-state index contributed by atoms with van der Waals surface area (Å²) in [6.07, 6.45) is 1.69. The number of hydrogen-bond acceptors (Lipinski definition) is 3. The van der Waals surface area contributed by atoms with Gasteiger partial charge in [-0.15, -0.1) is 0 Å². The highest BCUT2D eigenvalue weighted by molar-refractivity contribution is 7.80. The van der Waals surface area contributed by atoms with Crippen LogP contribution in [0, 0.1) is 0 Å². The topological polar surface area (TPSA) is 45.7 Å². The van der Waals surface area contributed by atoms with Gasteiger partial charge in [-0.25, -0.2) is 0 Å². The van der Waals surface area contributed by atoms with Gasteiger partial charge < -0.3 is 10.1 Å². The molecule has 0 unspecified atom stereocenters. The van der Waals surface area contributed by atoms with Crippen LogP contribution in [0.1, 0.15) is 11.1 Å². The summed E-state index contributed by atoms with van der Waals surface area (Å²) >= 11 is 5.23. The Morgan fingerprint density at radius 3 is 2.31 bits per heavy atom. The van der Waals surface area contributed by atoms with Crippen molar-refractivity contribution >= 4 is 29.2 Å². The Morgan fingerprint density at radius 1 is 0.885 bits per heavy atom. The summed E-state index contributed by atoms with van der Waals surface area (Å²) in [7, 11) is 0. The Morgan fingerprint density at radius 2 is 1.54 bits per heavy atom. The van der Waals surface area contributed by atoms with Crippen LogP contribution in [0.15, 0.2) is 90.0 Å². The zero-order valence-corrected chi connectivity index (χ0v) is 14.9. The third kappa shape index (κ3) is 5.43.